The summed E-state index contributed by atoms with van der Waals surface area (Å²) in [6, 6.07) is -0.974. The number of oxime groups is 1. The Morgan fingerprint density at radius 1 is 1.24 bits per heavy atom. The third-order valence-corrected chi connectivity index (χ3v) is 7.65. The summed E-state index contributed by atoms with van der Waals surface area (Å²) in [6.07, 6.45) is 7.87. The lowest BCUT2D eigenvalue weighted by Gasteiger charge is -2.49. The molecule has 1 saturated heterocycles. The van der Waals surface area contributed by atoms with E-state index < -0.39 is 47.4 Å². The lowest BCUT2D eigenvalue weighted by molar-refractivity contribution is -0.173. The Labute approximate surface area is 243 Å². The summed E-state index contributed by atoms with van der Waals surface area (Å²) >= 11 is 2.45. The van der Waals surface area contributed by atoms with Crippen LogP contribution >= 0.6 is 23.1 Å². The number of nitrogens with two attached hydrogens (primary N) is 1. The van der Waals surface area contributed by atoms with Crippen molar-refractivity contribution in [3.63, 3.8) is 0 Å². The van der Waals surface area contributed by atoms with Crippen molar-refractivity contribution in [2.75, 3.05) is 25.4 Å². The van der Waals surface area contributed by atoms with Crippen molar-refractivity contribution in [2.24, 2.45) is 10.6 Å². The molecule has 41 heavy (non-hydrogen) atoms. The molecule has 2 aromatic heterocycles. The molecular formula is C25H27N7O7S2. The molecule has 2 atom stereocenters. The number of carbonyl (C=O) groups is 4. The first-order valence-electron chi connectivity index (χ1n) is 12.1. The molecule has 3 N–H and O–H groups in total. The van der Waals surface area contributed by atoms with Crippen molar-refractivity contribution < 1.29 is 33.5 Å². The van der Waals surface area contributed by atoms with E-state index in [0.717, 1.165) is 11.3 Å². The molecule has 2 aliphatic heterocycles. The van der Waals surface area contributed by atoms with Crippen LogP contribution in [0.1, 0.15) is 32.2 Å². The summed E-state index contributed by atoms with van der Waals surface area (Å²) < 4.78 is 10.3. The number of nitrogens with one attached hydrogen (secondary N) is 1. The zero-order chi connectivity index (χ0) is 29.7. The SMILES string of the molecule is CO/N=C(\C(=O)N[C@@H]1C(=O)N2C(C(=O)OCOC(=O)C(C)(C)C)=C(/C=C/c3cnccn3)CS[C@@H]12)c1csc(N)n1. The number of hydrogen-bond acceptors (Lipinski definition) is 14. The molecule has 216 valence electrons. The molecule has 0 unspecified atom stereocenters. The second-order valence-electron chi connectivity index (χ2n) is 9.62. The van der Waals surface area contributed by atoms with Gasteiger partial charge in [0.15, 0.2) is 10.8 Å². The number of hydrogen-bond donors (Lipinski definition) is 2. The predicted octanol–water partition coefficient (Wildman–Crippen LogP) is 1.32. The zero-order valence-corrected chi connectivity index (χ0v) is 24.2. The van der Waals surface area contributed by atoms with Gasteiger partial charge in [-0.05, 0) is 32.4 Å². The van der Waals surface area contributed by atoms with Gasteiger partial charge in [0.25, 0.3) is 11.8 Å². The summed E-state index contributed by atoms with van der Waals surface area (Å²) in [7, 11) is 1.27. The van der Waals surface area contributed by atoms with Gasteiger partial charge in [0.05, 0.1) is 17.3 Å². The molecule has 2 aliphatic rings. The minimum Gasteiger partial charge on any atom is -0.427 e. The van der Waals surface area contributed by atoms with E-state index >= 15 is 0 Å². The van der Waals surface area contributed by atoms with Crippen LogP contribution in [0.25, 0.3) is 6.08 Å². The first kappa shape index (κ1) is 29.7. The number of esters is 2. The number of thioether (sulfide) groups is 1. The molecule has 14 nitrogen and oxygen atoms in total. The van der Waals surface area contributed by atoms with Crippen LogP contribution in [0.3, 0.4) is 0 Å². The van der Waals surface area contributed by atoms with Crippen molar-refractivity contribution in [3.05, 3.63) is 52.7 Å². The first-order valence-corrected chi connectivity index (χ1v) is 14.0. The van der Waals surface area contributed by atoms with Gasteiger partial charge in [-0.3, -0.25) is 29.3 Å². The maximum Gasteiger partial charge on any atom is 0.358 e. The Bertz CT molecular complexity index is 1430. The highest BCUT2D eigenvalue weighted by Gasteiger charge is 2.54. The second kappa shape index (κ2) is 12.5. The summed E-state index contributed by atoms with van der Waals surface area (Å²) in [5.74, 6) is -2.38. The van der Waals surface area contributed by atoms with Gasteiger partial charge in [0.1, 0.15) is 29.9 Å². The maximum absolute atomic E-state index is 13.3. The van der Waals surface area contributed by atoms with Crippen molar-refractivity contribution >= 4 is 63.8 Å². The largest absolute Gasteiger partial charge is 0.427 e. The van der Waals surface area contributed by atoms with Gasteiger partial charge in [-0.25, -0.2) is 9.78 Å². The van der Waals surface area contributed by atoms with Crippen LogP contribution in [-0.4, -0.2) is 80.4 Å². The van der Waals surface area contributed by atoms with E-state index in [1.54, 1.807) is 32.9 Å². The van der Waals surface area contributed by atoms with E-state index in [4.69, 9.17) is 20.0 Å². The van der Waals surface area contributed by atoms with Gasteiger partial charge in [0, 0.05) is 23.5 Å². The van der Waals surface area contributed by atoms with Gasteiger partial charge in [-0.15, -0.1) is 23.1 Å². The van der Waals surface area contributed by atoms with E-state index in [1.807, 2.05) is 0 Å². The number of nitrogens with zero attached hydrogens (tertiary/aromatic N) is 5. The fourth-order valence-corrected chi connectivity index (χ4v) is 5.53. The number of nitrogen functional groups attached to an aromatic ring is 1. The number of β-lactam (4-membered cyclic amide) rings is 1. The van der Waals surface area contributed by atoms with Crippen LogP contribution < -0.4 is 11.1 Å². The third-order valence-electron chi connectivity index (χ3n) is 5.67. The molecule has 0 aromatic carbocycles. The lowest BCUT2D eigenvalue weighted by Crippen LogP contribution is -2.71. The van der Waals surface area contributed by atoms with Crippen LogP contribution in [0.5, 0.6) is 0 Å². The number of aromatic nitrogens is 3. The summed E-state index contributed by atoms with van der Waals surface area (Å²) in [5.41, 5.74) is 5.89. The Kier molecular flexibility index (Phi) is 9.02. The van der Waals surface area contributed by atoms with Crippen LogP contribution in [0.4, 0.5) is 5.13 Å². The molecule has 4 rings (SSSR count). The molecular weight excluding hydrogens is 574 g/mol. The van der Waals surface area contributed by atoms with Gasteiger partial charge >= 0.3 is 11.9 Å². The number of amides is 2. The quantitative estimate of drug-likeness (QED) is 0.138. The van der Waals surface area contributed by atoms with E-state index in [0.29, 0.717) is 17.0 Å². The maximum atomic E-state index is 13.3. The Morgan fingerprint density at radius 3 is 2.66 bits per heavy atom. The molecule has 4 heterocycles. The van der Waals surface area contributed by atoms with Crippen molar-refractivity contribution in [1.82, 2.24) is 25.2 Å². The average molecular weight is 602 g/mol. The smallest absolute Gasteiger partial charge is 0.358 e. The highest BCUT2D eigenvalue weighted by atomic mass is 32.2. The van der Waals surface area contributed by atoms with Crippen molar-refractivity contribution in [2.45, 2.75) is 32.2 Å². The molecule has 0 spiro atoms. The second-order valence-corrected chi connectivity index (χ2v) is 11.6. The summed E-state index contributed by atoms with van der Waals surface area (Å²) in [6.45, 7) is 4.36. The van der Waals surface area contributed by atoms with Gasteiger partial charge in [0.2, 0.25) is 6.79 Å². The van der Waals surface area contributed by atoms with Crippen LogP contribution in [-0.2, 0) is 33.5 Å². The van der Waals surface area contributed by atoms with Crippen LogP contribution in [0, 0.1) is 5.41 Å². The van der Waals surface area contributed by atoms with E-state index in [2.05, 4.69) is 25.4 Å². The van der Waals surface area contributed by atoms with Crippen LogP contribution in [0.2, 0.25) is 0 Å². The highest BCUT2D eigenvalue weighted by Crippen LogP contribution is 2.41. The number of anilines is 1. The Morgan fingerprint density at radius 2 is 2.02 bits per heavy atom. The molecule has 1 fully saturated rings. The number of carbonyl (C=O) groups excluding carboxylic acids is 4. The number of fused-ring (bicyclic) bond motifs is 1. The first-order chi connectivity index (χ1) is 19.5. The Balaban J connectivity index is 1.55. The normalized spacial score (nSPS) is 19.0. The monoisotopic (exact) mass is 601 g/mol. The molecule has 0 saturated carbocycles. The fourth-order valence-electron chi connectivity index (χ4n) is 3.67. The molecule has 0 radical (unpaired) electrons. The average Bonchev–Trinajstić information content (AvgIpc) is 3.38. The Hall–Kier alpha value is -4.31. The number of allylic oxidation sites excluding steroid dienone is 1. The van der Waals surface area contributed by atoms with Crippen molar-refractivity contribution in [3.8, 4) is 0 Å². The highest BCUT2D eigenvalue weighted by molar-refractivity contribution is 8.00. The van der Waals surface area contributed by atoms with E-state index in [9.17, 15) is 19.2 Å². The molecule has 0 aliphatic carbocycles. The number of thiazole rings is 1. The lowest BCUT2D eigenvalue weighted by atomic mass is 9.98. The van der Waals surface area contributed by atoms with Gasteiger partial charge in [-0.2, -0.15) is 0 Å². The minimum atomic E-state index is -0.974. The molecule has 2 amide bonds. The van der Waals surface area contributed by atoms with Crippen molar-refractivity contribution in [1.29, 1.82) is 0 Å². The van der Waals surface area contributed by atoms with Crippen LogP contribution in [0.15, 0.2) is 46.5 Å². The molecule has 2 aromatic rings. The number of rotatable bonds is 9. The van der Waals surface area contributed by atoms with Gasteiger partial charge < -0.3 is 25.4 Å². The zero-order valence-electron chi connectivity index (χ0n) is 22.5. The minimum absolute atomic E-state index is 0.0331. The van der Waals surface area contributed by atoms with E-state index in [-0.39, 0.29) is 22.2 Å². The summed E-state index contributed by atoms with van der Waals surface area (Å²) in [4.78, 5) is 69.9. The topological polar surface area (TPSA) is 188 Å². The predicted molar refractivity (Wildman–Crippen MR) is 150 cm³/mol. The third kappa shape index (κ3) is 6.71. The van der Waals surface area contributed by atoms with E-state index in [1.165, 1.54) is 47.7 Å². The van der Waals surface area contributed by atoms with Gasteiger partial charge in [-0.1, -0.05) is 11.2 Å². The summed E-state index contributed by atoms with van der Waals surface area (Å²) in [5, 5.41) is 7.53. The molecule has 16 heteroatoms. The molecule has 0 bridgehead atoms. The number of ether oxygens (including phenoxy) is 2. The fraction of sp³-hybridized carbons (Fsp3) is 0.360. The standard InChI is InChI=1S/C25H27N7O7S2/c1-25(2,3)23(36)39-12-38-22(35)18-13(5-6-14-9-27-7-8-28-14)10-40-21-17(20(34)32(18)21)30-19(33)16(31-37-4)15-11-41-24(26)29-15/h5-9,11,17,21H,10,12H2,1-4H3,(H2,26,29)(H,30,33)/b6-5+,31-16-/t17-,21+/m1/s1.